The number of methoxy groups -OCH3 is 1. The lowest BCUT2D eigenvalue weighted by Gasteiger charge is -2.19. The first-order chi connectivity index (χ1) is 15.2. The van der Waals surface area contributed by atoms with Gasteiger partial charge >= 0.3 is 6.16 Å². The lowest BCUT2D eigenvalue weighted by molar-refractivity contribution is -0.419. The summed E-state index contributed by atoms with van der Waals surface area (Å²) in [5.41, 5.74) is -0.108. The van der Waals surface area contributed by atoms with Crippen LogP contribution in [0.25, 0.3) is 33.4 Å². The quantitative estimate of drug-likeness (QED) is 0.371. The maximum atomic E-state index is 15.0. The zero-order valence-electron chi connectivity index (χ0n) is 16.3. The van der Waals surface area contributed by atoms with Crippen LogP contribution in [0.3, 0.4) is 0 Å². The van der Waals surface area contributed by atoms with E-state index in [1.807, 2.05) is 0 Å². The zero-order chi connectivity index (χ0) is 23.0. The summed E-state index contributed by atoms with van der Waals surface area (Å²) >= 11 is -0.281. The average molecular weight is 464 g/mol. The molecule has 0 bridgehead atoms. The molecule has 2 aromatic carbocycles. The number of nitrogens with zero attached hydrogens (tertiary/aromatic N) is 2. The minimum atomic E-state index is -3.61. The Hall–Kier alpha value is -3.25. The van der Waals surface area contributed by atoms with E-state index in [0.29, 0.717) is 11.1 Å². The van der Waals surface area contributed by atoms with E-state index in [1.54, 1.807) is 12.1 Å². The molecule has 32 heavy (non-hydrogen) atoms. The van der Waals surface area contributed by atoms with Crippen LogP contribution in [-0.2, 0) is 0 Å². The van der Waals surface area contributed by atoms with E-state index in [1.165, 1.54) is 25.4 Å². The van der Waals surface area contributed by atoms with Crippen molar-refractivity contribution < 1.29 is 37.5 Å². The van der Waals surface area contributed by atoms with Gasteiger partial charge in [-0.15, -0.1) is 3.89 Å². The molecular formula is C21H15F3N2O5S. The van der Waals surface area contributed by atoms with Crippen LogP contribution in [-0.4, -0.2) is 37.5 Å². The number of ether oxygens (including phenoxy) is 2. The van der Waals surface area contributed by atoms with Gasteiger partial charge < -0.3 is 24.8 Å². The van der Waals surface area contributed by atoms with Crippen molar-refractivity contribution in [1.82, 2.24) is 8.96 Å². The van der Waals surface area contributed by atoms with E-state index in [-0.39, 0.29) is 40.4 Å². The molecule has 4 rings (SSSR count). The van der Waals surface area contributed by atoms with Gasteiger partial charge in [-0.1, -0.05) is 0 Å². The van der Waals surface area contributed by atoms with E-state index < -0.39 is 23.5 Å². The number of halogens is 3. The maximum absolute atomic E-state index is 15.0. The van der Waals surface area contributed by atoms with Gasteiger partial charge in [0.15, 0.2) is 18.0 Å². The van der Waals surface area contributed by atoms with E-state index in [2.05, 4.69) is 4.98 Å². The highest BCUT2D eigenvalue weighted by atomic mass is 32.2. The highest BCUT2D eigenvalue weighted by Gasteiger charge is 2.29. The number of hydrogen-bond donors (Lipinski definition) is 3. The molecule has 0 spiro atoms. The van der Waals surface area contributed by atoms with Gasteiger partial charge in [0.05, 0.1) is 12.8 Å². The van der Waals surface area contributed by atoms with Gasteiger partial charge in [0.25, 0.3) is 0 Å². The number of aromatic nitrogens is 2. The number of rotatable bonds is 6. The van der Waals surface area contributed by atoms with Gasteiger partial charge in [-0.2, -0.15) is 0 Å². The first kappa shape index (κ1) is 22.0. The Kier molecular flexibility index (Phi) is 5.73. The van der Waals surface area contributed by atoms with Gasteiger partial charge in [-0.3, -0.25) is 0 Å². The van der Waals surface area contributed by atoms with Crippen molar-refractivity contribution in [3.8, 4) is 33.9 Å². The monoisotopic (exact) mass is 464 g/mol. The summed E-state index contributed by atoms with van der Waals surface area (Å²) in [6.45, 7) is 0. The van der Waals surface area contributed by atoms with E-state index in [4.69, 9.17) is 9.47 Å². The molecule has 0 unspecified atom stereocenters. The number of hydrogen-bond acceptors (Lipinski definition) is 7. The Morgan fingerprint density at radius 3 is 2.50 bits per heavy atom. The Balaban J connectivity index is 2.15. The van der Waals surface area contributed by atoms with Gasteiger partial charge in [0.1, 0.15) is 23.1 Å². The van der Waals surface area contributed by atoms with Crippen LogP contribution in [0.2, 0.25) is 0 Å². The third kappa shape index (κ3) is 3.98. The lowest BCUT2D eigenvalue weighted by atomic mass is 9.97. The van der Waals surface area contributed by atoms with Crippen LogP contribution in [0.1, 0.15) is 0 Å². The molecule has 0 saturated carbocycles. The topological polar surface area (TPSA) is 97.0 Å². The minimum absolute atomic E-state index is 0.0105. The molecule has 0 saturated heterocycles. The van der Waals surface area contributed by atoms with Crippen molar-refractivity contribution in [2.24, 2.45) is 0 Å². The van der Waals surface area contributed by atoms with Crippen LogP contribution >= 0.6 is 12.3 Å². The van der Waals surface area contributed by atoms with Crippen LogP contribution < -0.4 is 9.47 Å². The number of benzene rings is 2. The lowest BCUT2D eigenvalue weighted by Crippen LogP contribution is -2.34. The first-order valence-corrected chi connectivity index (χ1v) is 9.69. The zero-order valence-corrected chi connectivity index (χ0v) is 17.1. The molecule has 0 aliphatic heterocycles. The summed E-state index contributed by atoms with van der Waals surface area (Å²) in [4.78, 5) is 4.15. The molecule has 0 amide bonds. The van der Waals surface area contributed by atoms with E-state index in [9.17, 15) is 28.0 Å². The molecule has 166 valence electrons. The summed E-state index contributed by atoms with van der Waals surface area (Å²) in [6, 6.07) is 9.92. The average Bonchev–Trinajstić information content (AvgIpc) is 3.08. The van der Waals surface area contributed by atoms with Crippen LogP contribution in [0.15, 0.2) is 54.7 Å². The summed E-state index contributed by atoms with van der Waals surface area (Å²) < 4.78 is 54.2. The van der Waals surface area contributed by atoms with Crippen LogP contribution in [0, 0.1) is 11.6 Å². The maximum Gasteiger partial charge on any atom is 0.453 e. The normalized spacial score (nSPS) is 11.7. The van der Waals surface area contributed by atoms with Crippen LogP contribution in [0.5, 0.6) is 11.5 Å². The predicted molar refractivity (Wildman–Crippen MR) is 111 cm³/mol. The molecule has 0 fully saturated rings. The smallest absolute Gasteiger partial charge is 0.453 e. The standard InChI is InChI=1S/C21H15F3N2O5S/c1-30-12-5-6-16(23)14(10-12)18-13-3-2-8-25-20(13)26(32-24)19(18)15-9-11(22)4-7-17(15)31-21(27,28)29/h2-10,27-29H,1H3. The van der Waals surface area contributed by atoms with Crippen LogP contribution in [0.4, 0.5) is 12.7 Å². The fourth-order valence-corrected chi connectivity index (χ4v) is 3.89. The second-order valence-electron chi connectivity index (χ2n) is 6.62. The number of fused-ring (bicyclic) bond motifs is 1. The van der Waals surface area contributed by atoms with Crippen molar-refractivity contribution in [2.75, 3.05) is 7.11 Å². The van der Waals surface area contributed by atoms with Crippen molar-refractivity contribution in [2.45, 2.75) is 6.16 Å². The molecule has 0 aliphatic rings. The molecule has 2 aromatic heterocycles. The van der Waals surface area contributed by atoms with Crippen molar-refractivity contribution in [3.05, 3.63) is 66.4 Å². The van der Waals surface area contributed by atoms with Crippen molar-refractivity contribution >= 4 is 23.4 Å². The summed E-state index contributed by atoms with van der Waals surface area (Å²) in [5, 5.41) is 28.2. The molecule has 11 heteroatoms. The fraction of sp³-hybridized carbons (Fsp3) is 0.0952. The Morgan fingerprint density at radius 1 is 1.03 bits per heavy atom. The summed E-state index contributed by atoms with van der Waals surface area (Å²) in [6.07, 6.45) is -2.21. The largest absolute Gasteiger partial charge is 0.497 e. The Morgan fingerprint density at radius 2 is 1.81 bits per heavy atom. The van der Waals surface area contributed by atoms with Crippen molar-refractivity contribution in [1.29, 1.82) is 0 Å². The molecule has 2 heterocycles. The van der Waals surface area contributed by atoms with E-state index in [0.717, 1.165) is 28.2 Å². The molecule has 7 nitrogen and oxygen atoms in total. The van der Waals surface area contributed by atoms with Crippen molar-refractivity contribution in [3.63, 3.8) is 0 Å². The highest BCUT2D eigenvalue weighted by Crippen LogP contribution is 2.47. The summed E-state index contributed by atoms with van der Waals surface area (Å²) in [7, 11) is 1.39. The Labute approximate surface area is 183 Å². The second-order valence-corrected chi connectivity index (χ2v) is 7.13. The molecular weight excluding hydrogens is 449 g/mol. The van der Waals surface area contributed by atoms with Gasteiger partial charge in [-0.05, 0) is 48.5 Å². The first-order valence-electron chi connectivity index (χ1n) is 9.02. The highest BCUT2D eigenvalue weighted by molar-refractivity contribution is 7.93. The van der Waals surface area contributed by atoms with Gasteiger partial charge in [0.2, 0.25) is 0 Å². The fourth-order valence-electron chi connectivity index (χ4n) is 3.42. The summed E-state index contributed by atoms with van der Waals surface area (Å²) in [5.74, 6) is -1.57. The molecule has 3 N–H and O–H groups in total. The van der Waals surface area contributed by atoms with E-state index >= 15 is 0 Å². The molecule has 0 radical (unpaired) electrons. The third-order valence-electron chi connectivity index (χ3n) is 4.64. The molecule has 0 aliphatic carbocycles. The third-order valence-corrected chi connectivity index (χ3v) is 5.14. The van der Waals surface area contributed by atoms with Gasteiger partial charge in [0, 0.05) is 28.3 Å². The van der Waals surface area contributed by atoms with Gasteiger partial charge in [-0.25, -0.2) is 17.7 Å². The molecule has 4 aromatic rings. The predicted octanol–water partition coefficient (Wildman–Crippen LogP) is 4.00. The Bertz CT molecular complexity index is 1310. The SMILES string of the molecule is COc1ccc(F)c(-c2c(-c3cc(F)ccc3OC(O)(O)O)n(SF)c3ncccc23)c1. The minimum Gasteiger partial charge on any atom is -0.497 e. The molecule has 0 atom stereocenters. The second kappa shape index (κ2) is 8.36. The number of pyridine rings is 1. The number of aliphatic hydroxyl groups is 3.